The molecule has 2 aromatic heterocycles. The highest BCUT2D eigenvalue weighted by Gasteiger charge is 2.36. The van der Waals surface area contributed by atoms with Gasteiger partial charge in [0.1, 0.15) is 5.69 Å². The van der Waals surface area contributed by atoms with Gasteiger partial charge in [-0.05, 0) is 49.3 Å². The fourth-order valence-electron chi connectivity index (χ4n) is 4.06. The van der Waals surface area contributed by atoms with Crippen LogP contribution in [0.15, 0.2) is 36.5 Å². The van der Waals surface area contributed by atoms with Gasteiger partial charge in [0.15, 0.2) is 0 Å². The summed E-state index contributed by atoms with van der Waals surface area (Å²) in [7, 11) is 0. The van der Waals surface area contributed by atoms with Gasteiger partial charge in [-0.2, -0.15) is 10.2 Å². The number of aromatic nitrogens is 4. The molecule has 1 aliphatic rings. The summed E-state index contributed by atoms with van der Waals surface area (Å²) >= 11 is 0. The molecule has 6 heteroatoms. The Balaban J connectivity index is 1.64. The molecule has 1 atom stereocenters. The van der Waals surface area contributed by atoms with Crippen molar-refractivity contribution < 1.29 is 4.79 Å². The van der Waals surface area contributed by atoms with Crippen LogP contribution in [0.25, 0.3) is 5.69 Å². The number of nitrogens with one attached hydrogen (secondary N) is 2. The Hall–Kier alpha value is -2.89. The molecular weight excluding hydrogens is 362 g/mol. The number of aryl methyl sites for hydroxylation is 1. The van der Waals surface area contributed by atoms with Gasteiger partial charge in [0.25, 0.3) is 5.91 Å². The van der Waals surface area contributed by atoms with E-state index in [1.165, 1.54) is 11.3 Å². The zero-order valence-electron chi connectivity index (χ0n) is 17.8. The number of aromatic amines is 1. The summed E-state index contributed by atoms with van der Waals surface area (Å²) in [5.74, 6) is 0.155. The molecule has 4 rings (SSSR count). The molecule has 0 spiro atoms. The van der Waals surface area contributed by atoms with Crippen molar-refractivity contribution in [1.82, 2.24) is 25.3 Å². The zero-order valence-corrected chi connectivity index (χ0v) is 17.8. The van der Waals surface area contributed by atoms with E-state index in [4.69, 9.17) is 0 Å². The summed E-state index contributed by atoms with van der Waals surface area (Å²) in [5.41, 5.74) is 5.99. The minimum atomic E-state index is -0.148. The lowest BCUT2D eigenvalue weighted by molar-refractivity contribution is 0.0914. The molecule has 0 aliphatic heterocycles. The molecule has 0 saturated heterocycles. The molecule has 6 nitrogen and oxygen atoms in total. The lowest BCUT2D eigenvalue weighted by Crippen LogP contribution is -2.37. The number of nitrogens with zero attached hydrogens (tertiary/aromatic N) is 3. The summed E-state index contributed by atoms with van der Waals surface area (Å²) in [5, 5.41) is 15.0. The Morgan fingerprint density at radius 2 is 2.00 bits per heavy atom. The van der Waals surface area contributed by atoms with Gasteiger partial charge in [-0.3, -0.25) is 9.89 Å². The van der Waals surface area contributed by atoms with Crippen LogP contribution in [-0.4, -0.2) is 25.9 Å². The van der Waals surface area contributed by atoms with Crippen molar-refractivity contribution in [3.8, 4) is 5.69 Å². The first kappa shape index (κ1) is 19.4. The molecule has 0 radical (unpaired) electrons. The van der Waals surface area contributed by atoms with Crippen LogP contribution in [0.3, 0.4) is 0 Å². The van der Waals surface area contributed by atoms with E-state index in [9.17, 15) is 4.79 Å². The first-order valence-corrected chi connectivity index (χ1v) is 10.2. The van der Waals surface area contributed by atoms with Gasteiger partial charge in [0, 0.05) is 11.3 Å². The summed E-state index contributed by atoms with van der Waals surface area (Å²) in [4.78, 5) is 12.9. The van der Waals surface area contributed by atoms with Crippen LogP contribution in [0.4, 0.5) is 0 Å². The van der Waals surface area contributed by atoms with Crippen molar-refractivity contribution >= 4 is 5.91 Å². The third-order valence-electron chi connectivity index (χ3n) is 5.72. The van der Waals surface area contributed by atoms with E-state index in [0.29, 0.717) is 11.6 Å². The number of H-pyrrole nitrogens is 1. The normalized spacial score (nSPS) is 17.9. The van der Waals surface area contributed by atoms with Crippen molar-refractivity contribution in [3.05, 3.63) is 64.7 Å². The molecule has 1 aromatic carbocycles. The molecule has 152 valence electrons. The van der Waals surface area contributed by atoms with Crippen LogP contribution in [0, 0.1) is 12.3 Å². The number of carbonyl (C=O) groups is 1. The summed E-state index contributed by atoms with van der Waals surface area (Å²) in [6, 6.07) is 10.1. The molecule has 1 amide bonds. The van der Waals surface area contributed by atoms with E-state index in [-0.39, 0.29) is 17.4 Å². The number of amides is 1. The molecule has 0 saturated carbocycles. The van der Waals surface area contributed by atoms with Gasteiger partial charge in [-0.1, -0.05) is 45.4 Å². The summed E-state index contributed by atoms with van der Waals surface area (Å²) in [6.07, 6.45) is 3.69. The molecule has 2 N–H and O–H groups in total. The monoisotopic (exact) mass is 391 g/mol. The SMILES string of the molecule is Cc1ccc(-n2ncc3c2CC(C)(C)C[C@@H]3NC(=O)c2cc(C(C)C)[nH]n2)cc1. The third kappa shape index (κ3) is 3.84. The first-order chi connectivity index (χ1) is 13.7. The van der Waals surface area contributed by atoms with Crippen LogP contribution in [0.2, 0.25) is 0 Å². The van der Waals surface area contributed by atoms with Gasteiger partial charge in [-0.25, -0.2) is 4.68 Å². The van der Waals surface area contributed by atoms with Crippen molar-refractivity contribution in [2.45, 2.75) is 59.4 Å². The highest BCUT2D eigenvalue weighted by atomic mass is 16.2. The smallest absolute Gasteiger partial charge is 0.272 e. The standard InChI is InChI=1S/C23H29N5O/c1-14(2)18-10-19(27-26-18)22(29)25-20-11-23(4,5)12-21-17(20)13-24-28(21)16-8-6-15(3)7-9-16/h6-10,13-14,20H,11-12H2,1-5H3,(H,25,29)(H,26,27)/t20-/m0/s1. The third-order valence-corrected chi connectivity index (χ3v) is 5.72. The molecule has 1 aliphatic carbocycles. The summed E-state index contributed by atoms with van der Waals surface area (Å²) in [6.45, 7) is 10.7. The number of hydrogen-bond donors (Lipinski definition) is 2. The minimum Gasteiger partial charge on any atom is -0.344 e. The van der Waals surface area contributed by atoms with E-state index in [0.717, 1.165) is 29.8 Å². The van der Waals surface area contributed by atoms with Crippen LogP contribution < -0.4 is 5.32 Å². The van der Waals surface area contributed by atoms with E-state index < -0.39 is 0 Å². The fourth-order valence-corrected chi connectivity index (χ4v) is 4.06. The number of carbonyl (C=O) groups excluding carboxylic acids is 1. The molecular formula is C23H29N5O. The van der Waals surface area contributed by atoms with E-state index in [1.807, 2.05) is 16.9 Å². The Kier molecular flexibility index (Phi) is 4.81. The van der Waals surface area contributed by atoms with Crippen molar-refractivity contribution in [3.63, 3.8) is 0 Å². The second-order valence-electron chi connectivity index (χ2n) is 9.23. The van der Waals surface area contributed by atoms with E-state index >= 15 is 0 Å². The Labute approximate surface area is 171 Å². The summed E-state index contributed by atoms with van der Waals surface area (Å²) < 4.78 is 2.01. The molecule has 3 aromatic rings. The average Bonchev–Trinajstić information content (AvgIpc) is 3.29. The number of fused-ring (bicyclic) bond motifs is 1. The predicted octanol–water partition coefficient (Wildman–Crippen LogP) is 4.47. The largest absolute Gasteiger partial charge is 0.344 e. The van der Waals surface area contributed by atoms with Crippen molar-refractivity contribution in [2.24, 2.45) is 5.41 Å². The van der Waals surface area contributed by atoms with Crippen molar-refractivity contribution in [1.29, 1.82) is 0 Å². The maximum atomic E-state index is 12.9. The van der Waals surface area contributed by atoms with Gasteiger partial charge in [0.2, 0.25) is 0 Å². The maximum Gasteiger partial charge on any atom is 0.272 e. The van der Waals surface area contributed by atoms with E-state index in [2.05, 4.69) is 79.5 Å². The highest BCUT2D eigenvalue weighted by molar-refractivity contribution is 5.92. The predicted molar refractivity (Wildman–Crippen MR) is 113 cm³/mol. The topological polar surface area (TPSA) is 75.6 Å². The van der Waals surface area contributed by atoms with Crippen LogP contribution in [0.5, 0.6) is 0 Å². The van der Waals surface area contributed by atoms with Gasteiger partial charge < -0.3 is 5.32 Å². The van der Waals surface area contributed by atoms with E-state index in [1.54, 1.807) is 0 Å². The number of benzene rings is 1. The van der Waals surface area contributed by atoms with Crippen LogP contribution in [0.1, 0.15) is 79.1 Å². The van der Waals surface area contributed by atoms with Crippen molar-refractivity contribution in [2.75, 3.05) is 0 Å². The van der Waals surface area contributed by atoms with Crippen LogP contribution >= 0.6 is 0 Å². The quantitative estimate of drug-likeness (QED) is 0.689. The highest BCUT2D eigenvalue weighted by Crippen LogP contribution is 2.41. The molecule has 0 fully saturated rings. The molecule has 0 bridgehead atoms. The van der Waals surface area contributed by atoms with Gasteiger partial charge in [0.05, 0.1) is 23.6 Å². The lowest BCUT2D eigenvalue weighted by atomic mass is 9.74. The second kappa shape index (κ2) is 7.17. The Morgan fingerprint density at radius 1 is 1.28 bits per heavy atom. The molecule has 2 heterocycles. The number of hydrogen-bond acceptors (Lipinski definition) is 3. The Morgan fingerprint density at radius 3 is 2.66 bits per heavy atom. The Bertz CT molecular complexity index is 1030. The lowest BCUT2D eigenvalue weighted by Gasteiger charge is -2.35. The molecule has 29 heavy (non-hydrogen) atoms. The van der Waals surface area contributed by atoms with Gasteiger partial charge >= 0.3 is 0 Å². The maximum absolute atomic E-state index is 12.9. The first-order valence-electron chi connectivity index (χ1n) is 10.2. The zero-order chi connectivity index (χ0) is 20.8. The second-order valence-corrected chi connectivity index (χ2v) is 9.23. The van der Waals surface area contributed by atoms with Gasteiger partial charge in [-0.15, -0.1) is 0 Å². The van der Waals surface area contributed by atoms with Crippen LogP contribution in [-0.2, 0) is 6.42 Å². The average molecular weight is 392 g/mol. The number of rotatable bonds is 4. The molecule has 0 unspecified atom stereocenters. The fraction of sp³-hybridized carbons (Fsp3) is 0.435. The minimum absolute atomic E-state index is 0.0576.